The third kappa shape index (κ3) is 3.25. The molecule has 20 heavy (non-hydrogen) atoms. The van der Waals surface area contributed by atoms with E-state index in [2.05, 4.69) is 15.9 Å². The number of piperidine rings is 1. The molecule has 8 heteroatoms. The van der Waals surface area contributed by atoms with Gasteiger partial charge in [-0.25, -0.2) is 8.42 Å². The van der Waals surface area contributed by atoms with Crippen LogP contribution in [-0.2, 0) is 21.4 Å². The van der Waals surface area contributed by atoms with Gasteiger partial charge in [0.2, 0.25) is 10.0 Å². The number of rotatable bonds is 5. The number of hydrogen-bond acceptors (Lipinski definition) is 5. The number of aliphatic hydroxyl groups is 1. The lowest BCUT2D eigenvalue weighted by molar-refractivity contribution is 0.0290. The van der Waals surface area contributed by atoms with Crippen LogP contribution in [0.15, 0.2) is 20.0 Å². The predicted octanol–water partition coefficient (Wildman–Crippen LogP) is 1.72. The van der Waals surface area contributed by atoms with Crippen LogP contribution in [0.25, 0.3) is 0 Å². The van der Waals surface area contributed by atoms with Crippen LogP contribution in [0.4, 0.5) is 0 Å². The van der Waals surface area contributed by atoms with E-state index >= 15 is 0 Å². The summed E-state index contributed by atoms with van der Waals surface area (Å²) in [5, 5.41) is 9.01. The average molecular weight is 368 g/mol. The van der Waals surface area contributed by atoms with Gasteiger partial charge in [-0.05, 0) is 35.7 Å². The maximum absolute atomic E-state index is 12.5. The quantitative estimate of drug-likeness (QED) is 0.856. The number of halogens is 1. The Bertz CT molecular complexity index is 548. The number of aliphatic hydroxyl groups excluding tert-OH is 1. The van der Waals surface area contributed by atoms with Crippen LogP contribution in [0, 0.1) is 0 Å². The Balaban J connectivity index is 2.13. The SMILES string of the molecule is CCOC1CCN(S(=O)(=O)c2cc(CO)oc2Br)CC1. The highest BCUT2D eigenvalue weighted by Gasteiger charge is 2.32. The number of nitrogens with zero attached hydrogens (tertiary/aromatic N) is 1. The molecule has 1 saturated heterocycles. The Morgan fingerprint density at radius 2 is 2.15 bits per heavy atom. The first kappa shape index (κ1) is 16.0. The first-order valence-corrected chi connectivity index (χ1v) is 8.73. The standard InChI is InChI=1S/C12H18BrNO5S/c1-2-18-9-3-5-14(6-4-9)20(16,17)11-7-10(8-15)19-12(11)13/h7,9,15H,2-6,8H2,1H3. The van der Waals surface area contributed by atoms with Crippen molar-refractivity contribution in [1.82, 2.24) is 4.31 Å². The monoisotopic (exact) mass is 367 g/mol. The van der Waals surface area contributed by atoms with E-state index < -0.39 is 10.0 Å². The zero-order valence-corrected chi connectivity index (χ0v) is 13.6. The Morgan fingerprint density at radius 3 is 2.65 bits per heavy atom. The van der Waals surface area contributed by atoms with E-state index in [0.717, 1.165) is 0 Å². The molecule has 0 spiro atoms. The third-order valence-electron chi connectivity index (χ3n) is 3.28. The van der Waals surface area contributed by atoms with Crippen molar-refractivity contribution in [2.45, 2.75) is 37.4 Å². The van der Waals surface area contributed by atoms with Gasteiger partial charge in [0.1, 0.15) is 17.3 Å². The summed E-state index contributed by atoms with van der Waals surface area (Å²) in [6, 6.07) is 1.36. The normalized spacial score (nSPS) is 18.6. The second kappa shape index (κ2) is 6.57. The molecule has 0 aromatic carbocycles. The minimum atomic E-state index is -3.59. The molecule has 0 bridgehead atoms. The summed E-state index contributed by atoms with van der Waals surface area (Å²) in [4.78, 5) is 0.0661. The first-order valence-electron chi connectivity index (χ1n) is 6.49. The summed E-state index contributed by atoms with van der Waals surface area (Å²) in [6.45, 7) is 3.10. The van der Waals surface area contributed by atoms with Crippen molar-refractivity contribution in [3.05, 3.63) is 16.5 Å². The molecular weight excluding hydrogens is 350 g/mol. The minimum Gasteiger partial charge on any atom is -0.450 e. The Kier molecular flexibility index (Phi) is 5.25. The van der Waals surface area contributed by atoms with Crippen molar-refractivity contribution < 1.29 is 22.7 Å². The van der Waals surface area contributed by atoms with E-state index in [4.69, 9.17) is 14.3 Å². The fourth-order valence-corrected chi connectivity index (χ4v) is 4.70. The topological polar surface area (TPSA) is 80.0 Å². The zero-order chi connectivity index (χ0) is 14.8. The fourth-order valence-electron chi connectivity index (χ4n) is 2.27. The van der Waals surface area contributed by atoms with Crippen LogP contribution in [0.2, 0.25) is 0 Å². The lowest BCUT2D eigenvalue weighted by atomic mass is 10.1. The Labute approximate surface area is 126 Å². The number of furan rings is 1. The van der Waals surface area contributed by atoms with E-state index in [1.807, 2.05) is 6.92 Å². The molecule has 0 radical (unpaired) electrons. The van der Waals surface area contributed by atoms with Crippen LogP contribution in [-0.4, -0.2) is 43.6 Å². The van der Waals surface area contributed by atoms with Crippen molar-refractivity contribution >= 4 is 26.0 Å². The van der Waals surface area contributed by atoms with Crippen molar-refractivity contribution in [2.24, 2.45) is 0 Å². The van der Waals surface area contributed by atoms with Crippen molar-refractivity contribution in [1.29, 1.82) is 0 Å². The van der Waals surface area contributed by atoms with Gasteiger partial charge < -0.3 is 14.3 Å². The van der Waals surface area contributed by atoms with E-state index in [1.54, 1.807) is 0 Å². The minimum absolute atomic E-state index is 0.0661. The maximum atomic E-state index is 12.5. The number of sulfonamides is 1. The van der Waals surface area contributed by atoms with E-state index in [1.165, 1.54) is 10.4 Å². The van der Waals surface area contributed by atoms with E-state index in [9.17, 15) is 8.42 Å². The Hall–Kier alpha value is -0.410. The molecule has 1 aromatic heterocycles. The predicted molar refractivity (Wildman–Crippen MR) is 75.7 cm³/mol. The highest BCUT2D eigenvalue weighted by Crippen LogP contribution is 2.30. The molecule has 1 fully saturated rings. The van der Waals surface area contributed by atoms with Gasteiger partial charge in [0.05, 0.1) is 6.10 Å². The van der Waals surface area contributed by atoms with Gasteiger partial charge in [0.25, 0.3) is 0 Å². The molecule has 1 aromatic rings. The summed E-state index contributed by atoms with van der Waals surface area (Å²) >= 11 is 3.09. The largest absolute Gasteiger partial charge is 0.450 e. The van der Waals surface area contributed by atoms with Gasteiger partial charge in [-0.1, -0.05) is 0 Å². The van der Waals surface area contributed by atoms with Crippen molar-refractivity contribution in [2.75, 3.05) is 19.7 Å². The molecule has 0 unspecified atom stereocenters. The van der Waals surface area contributed by atoms with Gasteiger partial charge in [-0.15, -0.1) is 0 Å². The lowest BCUT2D eigenvalue weighted by Gasteiger charge is -2.30. The highest BCUT2D eigenvalue weighted by molar-refractivity contribution is 9.10. The van der Waals surface area contributed by atoms with Gasteiger partial charge >= 0.3 is 0 Å². The Morgan fingerprint density at radius 1 is 1.50 bits per heavy atom. The molecule has 0 aliphatic carbocycles. The molecule has 0 amide bonds. The number of hydrogen-bond donors (Lipinski definition) is 1. The molecule has 6 nitrogen and oxygen atoms in total. The first-order chi connectivity index (χ1) is 9.48. The van der Waals surface area contributed by atoms with Crippen molar-refractivity contribution in [3.8, 4) is 0 Å². The summed E-state index contributed by atoms with van der Waals surface area (Å²) < 4.78 is 37.2. The van der Waals surface area contributed by atoms with Crippen molar-refractivity contribution in [3.63, 3.8) is 0 Å². The summed E-state index contributed by atoms with van der Waals surface area (Å²) in [5.74, 6) is 0.222. The molecule has 0 atom stereocenters. The van der Waals surface area contributed by atoms with Gasteiger partial charge in [0.15, 0.2) is 4.67 Å². The number of ether oxygens (including phenoxy) is 1. The molecule has 1 N–H and O–H groups in total. The van der Waals surface area contributed by atoms with Crippen LogP contribution in [0.5, 0.6) is 0 Å². The molecule has 2 heterocycles. The van der Waals surface area contributed by atoms with Gasteiger partial charge in [-0.2, -0.15) is 4.31 Å². The smallest absolute Gasteiger partial charge is 0.247 e. The third-order valence-corrected chi connectivity index (χ3v) is 6.04. The summed E-state index contributed by atoms with van der Waals surface area (Å²) in [6.07, 6.45) is 1.51. The molecular formula is C12H18BrNO5S. The second-order valence-corrected chi connectivity index (χ2v) is 7.19. The fraction of sp³-hybridized carbons (Fsp3) is 0.667. The zero-order valence-electron chi connectivity index (χ0n) is 11.2. The lowest BCUT2D eigenvalue weighted by Crippen LogP contribution is -2.40. The average Bonchev–Trinajstić information content (AvgIpc) is 2.82. The van der Waals surface area contributed by atoms with Crippen LogP contribution >= 0.6 is 15.9 Å². The molecule has 2 rings (SSSR count). The molecule has 114 valence electrons. The van der Waals surface area contributed by atoms with Crippen LogP contribution < -0.4 is 0 Å². The van der Waals surface area contributed by atoms with E-state index in [0.29, 0.717) is 32.5 Å². The van der Waals surface area contributed by atoms with Gasteiger partial charge in [0, 0.05) is 25.8 Å². The maximum Gasteiger partial charge on any atom is 0.247 e. The van der Waals surface area contributed by atoms with Crippen LogP contribution in [0.1, 0.15) is 25.5 Å². The highest BCUT2D eigenvalue weighted by atomic mass is 79.9. The molecule has 1 aliphatic heterocycles. The van der Waals surface area contributed by atoms with Gasteiger partial charge in [-0.3, -0.25) is 0 Å². The summed E-state index contributed by atoms with van der Waals surface area (Å²) in [5.41, 5.74) is 0. The molecule has 1 aliphatic rings. The summed E-state index contributed by atoms with van der Waals surface area (Å²) in [7, 11) is -3.59. The van der Waals surface area contributed by atoms with E-state index in [-0.39, 0.29) is 28.0 Å². The second-order valence-electron chi connectivity index (χ2n) is 4.57. The molecule has 0 saturated carbocycles. The van der Waals surface area contributed by atoms with Crippen LogP contribution in [0.3, 0.4) is 0 Å².